The second-order valence-corrected chi connectivity index (χ2v) is 7.19. The van der Waals surface area contributed by atoms with E-state index in [4.69, 9.17) is 4.74 Å². The molecule has 1 aromatic carbocycles. The van der Waals surface area contributed by atoms with Gasteiger partial charge in [0.25, 0.3) is 0 Å². The molecule has 0 unspecified atom stereocenters. The van der Waals surface area contributed by atoms with Crippen molar-refractivity contribution in [3.05, 3.63) is 65.6 Å². The van der Waals surface area contributed by atoms with Crippen LogP contribution in [-0.4, -0.2) is 33.8 Å². The molecule has 0 bridgehead atoms. The van der Waals surface area contributed by atoms with Crippen molar-refractivity contribution < 1.29 is 9.53 Å². The van der Waals surface area contributed by atoms with Crippen molar-refractivity contribution >= 4 is 11.6 Å². The van der Waals surface area contributed by atoms with Crippen molar-refractivity contribution in [1.82, 2.24) is 14.3 Å². The van der Waals surface area contributed by atoms with E-state index in [1.54, 1.807) is 7.11 Å². The number of pyridine rings is 1. The Bertz CT molecular complexity index is 963. The summed E-state index contributed by atoms with van der Waals surface area (Å²) in [5.74, 6) is 0.994. The van der Waals surface area contributed by atoms with Crippen molar-refractivity contribution in [3.8, 4) is 5.75 Å². The second-order valence-electron chi connectivity index (χ2n) is 7.19. The van der Waals surface area contributed by atoms with Gasteiger partial charge < -0.3 is 14.0 Å². The van der Waals surface area contributed by atoms with Crippen molar-refractivity contribution in [2.45, 2.75) is 38.6 Å². The van der Waals surface area contributed by atoms with E-state index in [0.717, 1.165) is 54.0 Å². The maximum atomic E-state index is 13.2. The van der Waals surface area contributed by atoms with Gasteiger partial charge in [-0.15, -0.1) is 0 Å². The highest BCUT2D eigenvalue weighted by Gasteiger charge is 2.28. The van der Waals surface area contributed by atoms with Gasteiger partial charge in [0.1, 0.15) is 11.4 Å². The average Bonchev–Trinajstić information content (AvgIpc) is 3.12. The number of amides is 1. The SMILES string of the molecule is COc1cccc([C@H]2CCCCN2C(=O)Cc2cnc3c(C)cccn23)c1. The Labute approximate surface area is 159 Å². The van der Waals surface area contributed by atoms with Crippen LogP contribution in [0.2, 0.25) is 0 Å². The van der Waals surface area contributed by atoms with Crippen molar-refractivity contribution in [2.75, 3.05) is 13.7 Å². The van der Waals surface area contributed by atoms with Gasteiger partial charge in [-0.25, -0.2) is 4.98 Å². The summed E-state index contributed by atoms with van der Waals surface area (Å²) in [5.41, 5.74) is 4.12. The number of piperidine rings is 1. The molecule has 0 spiro atoms. The van der Waals surface area contributed by atoms with E-state index < -0.39 is 0 Å². The molecule has 4 rings (SSSR count). The zero-order valence-corrected chi connectivity index (χ0v) is 15.9. The van der Waals surface area contributed by atoms with Crippen LogP contribution in [0, 0.1) is 6.92 Å². The first-order valence-corrected chi connectivity index (χ1v) is 9.52. The molecule has 3 aromatic rings. The molecule has 1 aliphatic heterocycles. The van der Waals surface area contributed by atoms with Gasteiger partial charge in [0.2, 0.25) is 5.91 Å². The highest BCUT2D eigenvalue weighted by molar-refractivity contribution is 5.79. The fraction of sp³-hybridized carbons (Fsp3) is 0.364. The number of benzene rings is 1. The number of aromatic nitrogens is 2. The molecule has 3 heterocycles. The first kappa shape index (κ1) is 17.6. The van der Waals surface area contributed by atoms with Gasteiger partial charge in [0, 0.05) is 18.9 Å². The van der Waals surface area contributed by atoms with Gasteiger partial charge in [0.15, 0.2) is 0 Å². The molecule has 2 aromatic heterocycles. The summed E-state index contributed by atoms with van der Waals surface area (Å²) in [6, 6.07) is 12.2. The molecule has 27 heavy (non-hydrogen) atoms. The van der Waals surface area contributed by atoms with Gasteiger partial charge in [0.05, 0.1) is 25.3 Å². The molecule has 1 aliphatic rings. The number of nitrogens with zero attached hydrogens (tertiary/aromatic N) is 3. The number of rotatable bonds is 4. The van der Waals surface area contributed by atoms with Crippen LogP contribution in [0.3, 0.4) is 0 Å². The van der Waals surface area contributed by atoms with Crippen molar-refractivity contribution in [1.29, 1.82) is 0 Å². The molecule has 1 amide bonds. The molecule has 0 radical (unpaired) electrons. The summed E-state index contributed by atoms with van der Waals surface area (Å²) in [5, 5.41) is 0. The van der Waals surface area contributed by atoms with Crippen LogP contribution in [0.1, 0.15) is 42.1 Å². The normalized spacial score (nSPS) is 17.3. The van der Waals surface area contributed by atoms with E-state index >= 15 is 0 Å². The van der Waals surface area contributed by atoms with Gasteiger partial charge in [-0.2, -0.15) is 0 Å². The van der Waals surface area contributed by atoms with Gasteiger partial charge in [-0.05, 0) is 55.5 Å². The molecular formula is C22H25N3O2. The zero-order valence-electron chi connectivity index (χ0n) is 15.9. The molecule has 5 heteroatoms. The zero-order chi connectivity index (χ0) is 18.8. The van der Waals surface area contributed by atoms with Crippen LogP contribution in [0.5, 0.6) is 5.75 Å². The fourth-order valence-electron chi connectivity index (χ4n) is 4.01. The number of fused-ring (bicyclic) bond motifs is 1. The molecule has 5 nitrogen and oxygen atoms in total. The first-order chi connectivity index (χ1) is 13.2. The maximum Gasteiger partial charge on any atom is 0.229 e. The third-order valence-electron chi connectivity index (χ3n) is 5.44. The van der Waals surface area contributed by atoms with Crippen LogP contribution >= 0.6 is 0 Å². The molecule has 1 fully saturated rings. The lowest BCUT2D eigenvalue weighted by Gasteiger charge is -2.36. The Morgan fingerprint density at radius 2 is 2.15 bits per heavy atom. The molecular weight excluding hydrogens is 338 g/mol. The Morgan fingerprint density at radius 1 is 1.26 bits per heavy atom. The summed E-state index contributed by atoms with van der Waals surface area (Å²) in [6.07, 6.45) is 7.35. The van der Waals surface area contributed by atoms with E-state index in [2.05, 4.69) is 11.1 Å². The highest BCUT2D eigenvalue weighted by atomic mass is 16.5. The topological polar surface area (TPSA) is 46.8 Å². The lowest BCUT2D eigenvalue weighted by atomic mass is 9.94. The van der Waals surface area contributed by atoms with E-state index in [9.17, 15) is 4.79 Å². The molecule has 1 saturated heterocycles. The minimum Gasteiger partial charge on any atom is -0.497 e. The minimum atomic E-state index is 0.113. The van der Waals surface area contributed by atoms with Crippen LogP contribution < -0.4 is 4.74 Å². The summed E-state index contributed by atoms with van der Waals surface area (Å²) in [6.45, 7) is 2.84. The monoisotopic (exact) mass is 363 g/mol. The predicted molar refractivity (Wildman–Crippen MR) is 105 cm³/mol. The van der Waals surface area contributed by atoms with E-state index in [-0.39, 0.29) is 11.9 Å². The standard InChI is InChI=1S/C22H25N3O2/c1-16-7-6-12-24-18(15-23-22(16)24)14-21(26)25-11-4-3-10-20(25)17-8-5-9-19(13-17)27-2/h5-9,12-13,15,20H,3-4,10-11,14H2,1-2H3/t20-/m1/s1. The van der Waals surface area contributed by atoms with Crippen molar-refractivity contribution in [3.63, 3.8) is 0 Å². The van der Waals surface area contributed by atoms with E-state index in [0.29, 0.717) is 6.42 Å². The van der Waals surface area contributed by atoms with E-state index in [1.807, 2.05) is 58.9 Å². The Kier molecular flexibility index (Phi) is 4.84. The van der Waals surface area contributed by atoms with Gasteiger partial charge in [-0.1, -0.05) is 18.2 Å². The average molecular weight is 363 g/mol. The summed E-state index contributed by atoms with van der Waals surface area (Å²) >= 11 is 0. The van der Waals surface area contributed by atoms with Crippen molar-refractivity contribution in [2.24, 2.45) is 0 Å². The number of methoxy groups -OCH3 is 1. The fourth-order valence-corrected chi connectivity index (χ4v) is 4.01. The third-order valence-corrected chi connectivity index (χ3v) is 5.44. The van der Waals surface area contributed by atoms with Gasteiger partial charge in [-0.3, -0.25) is 4.79 Å². The minimum absolute atomic E-state index is 0.113. The number of ether oxygens (including phenoxy) is 1. The second kappa shape index (κ2) is 7.43. The predicted octanol–water partition coefficient (Wildman–Crippen LogP) is 3.95. The number of aryl methyl sites for hydroxylation is 1. The summed E-state index contributed by atoms with van der Waals surface area (Å²) < 4.78 is 7.40. The lowest BCUT2D eigenvalue weighted by molar-refractivity contribution is -0.134. The number of likely N-dealkylation sites (tertiary alicyclic amines) is 1. The quantitative estimate of drug-likeness (QED) is 0.705. The smallest absolute Gasteiger partial charge is 0.229 e. The van der Waals surface area contributed by atoms with Crippen LogP contribution in [-0.2, 0) is 11.2 Å². The molecule has 140 valence electrons. The highest BCUT2D eigenvalue weighted by Crippen LogP contribution is 2.33. The Balaban J connectivity index is 1.59. The molecule has 1 atom stereocenters. The molecule has 0 N–H and O–H groups in total. The largest absolute Gasteiger partial charge is 0.497 e. The summed E-state index contributed by atoms with van der Waals surface area (Å²) in [4.78, 5) is 19.7. The Hall–Kier alpha value is -2.82. The number of hydrogen-bond acceptors (Lipinski definition) is 3. The van der Waals surface area contributed by atoms with Crippen LogP contribution in [0.15, 0.2) is 48.8 Å². The van der Waals surface area contributed by atoms with Crippen LogP contribution in [0.4, 0.5) is 0 Å². The van der Waals surface area contributed by atoms with Crippen LogP contribution in [0.25, 0.3) is 5.65 Å². The molecule has 0 saturated carbocycles. The van der Waals surface area contributed by atoms with E-state index in [1.165, 1.54) is 0 Å². The first-order valence-electron chi connectivity index (χ1n) is 9.52. The van der Waals surface area contributed by atoms with Gasteiger partial charge >= 0.3 is 0 Å². The third kappa shape index (κ3) is 3.42. The number of carbonyl (C=O) groups is 1. The number of imidazole rings is 1. The number of carbonyl (C=O) groups excluding carboxylic acids is 1. The maximum absolute atomic E-state index is 13.2. The number of hydrogen-bond donors (Lipinski definition) is 0. The molecule has 0 aliphatic carbocycles. The lowest BCUT2D eigenvalue weighted by Crippen LogP contribution is -2.39. The Morgan fingerprint density at radius 3 is 3.00 bits per heavy atom. The summed E-state index contributed by atoms with van der Waals surface area (Å²) in [7, 11) is 1.68.